The number of methoxy groups -OCH3 is 1. The van der Waals surface area contributed by atoms with Gasteiger partial charge in [-0.15, -0.1) is 5.11 Å². The summed E-state index contributed by atoms with van der Waals surface area (Å²) in [5, 5.41) is 32.0. The number of rotatable bonds is 5. The number of ether oxygens (including phenoxy) is 1. The molecule has 0 atom stereocenters. The molecule has 0 bridgehead atoms. The minimum absolute atomic E-state index is 0.0845. The van der Waals surface area contributed by atoms with E-state index in [1.54, 1.807) is 43.5 Å². The van der Waals surface area contributed by atoms with Gasteiger partial charge in [-0.3, -0.25) is 0 Å². The molecule has 0 unspecified atom stereocenters. The van der Waals surface area contributed by atoms with E-state index in [9.17, 15) is 10.2 Å². The van der Waals surface area contributed by atoms with Crippen LogP contribution in [0.2, 0.25) is 5.02 Å². The monoisotopic (exact) mass is 369 g/mol. The normalized spacial score (nSPS) is 10.8. The van der Waals surface area contributed by atoms with Gasteiger partial charge in [-0.2, -0.15) is 5.11 Å². The molecule has 6 nitrogen and oxygen atoms in total. The number of azo groups is 1. The standard InChI is InChI=1S/C19H16ClN3O3/c1-26-19-5-3-2-4-14(19)21-15-10-18(25)16(11-17(15)24)23-22-13-8-6-12(20)7-9-13/h2-11,21,24-25H,1H3. The number of hydrogen-bond donors (Lipinski definition) is 3. The SMILES string of the molecule is COc1ccccc1Nc1cc(O)c(N=Nc2ccc(Cl)cc2)cc1O. The van der Waals surface area contributed by atoms with Crippen LogP contribution in [0.1, 0.15) is 0 Å². The number of aromatic hydroxyl groups is 2. The second-order valence-electron chi connectivity index (χ2n) is 5.36. The fraction of sp³-hybridized carbons (Fsp3) is 0.0526. The molecular formula is C19H16ClN3O3. The van der Waals surface area contributed by atoms with Crippen molar-refractivity contribution in [1.82, 2.24) is 0 Å². The van der Waals surface area contributed by atoms with Gasteiger partial charge in [-0.1, -0.05) is 23.7 Å². The maximum absolute atomic E-state index is 10.2. The molecular weight excluding hydrogens is 354 g/mol. The van der Waals surface area contributed by atoms with Crippen LogP contribution in [-0.2, 0) is 0 Å². The van der Waals surface area contributed by atoms with Crippen molar-refractivity contribution in [3.8, 4) is 17.2 Å². The zero-order chi connectivity index (χ0) is 18.5. The summed E-state index contributed by atoms with van der Waals surface area (Å²) >= 11 is 5.82. The Morgan fingerprint density at radius 1 is 0.885 bits per heavy atom. The number of anilines is 2. The van der Waals surface area contributed by atoms with E-state index in [-0.39, 0.29) is 17.2 Å². The Morgan fingerprint density at radius 3 is 2.35 bits per heavy atom. The second-order valence-corrected chi connectivity index (χ2v) is 5.80. The molecule has 0 aliphatic carbocycles. The molecule has 3 rings (SSSR count). The van der Waals surface area contributed by atoms with E-state index in [4.69, 9.17) is 16.3 Å². The van der Waals surface area contributed by atoms with E-state index in [0.717, 1.165) is 0 Å². The zero-order valence-corrected chi connectivity index (χ0v) is 14.6. The van der Waals surface area contributed by atoms with Crippen LogP contribution in [-0.4, -0.2) is 17.3 Å². The molecule has 0 aromatic heterocycles. The van der Waals surface area contributed by atoms with Crippen LogP contribution < -0.4 is 10.1 Å². The molecule has 0 aliphatic heterocycles. The number of nitrogens with zero attached hydrogens (tertiary/aromatic N) is 2. The van der Waals surface area contributed by atoms with Gasteiger partial charge in [0.15, 0.2) is 0 Å². The lowest BCUT2D eigenvalue weighted by molar-refractivity contribution is 0.416. The van der Waals surface area contributed by atoms with Gasteiger partial charge in [-0.05, 0) is 36.4 Å². The molecule has 3 aromatic rings. The summed E-state index contributed by atoms with van der Waals surface area (Å²) in [7, 11) is 1.55. The predicted octanol–water partition coefficient (Wildman–Crippen LogP) is 5.92. The van der Waals surface area contributed by atoms with Crippen LogP contribution in [0.5, 0.6) is 17.2 Å². The van der Waals surface area contributed by atoms with Gasteiger partial charge >= 0.3 is 0 Å². The molecule has 0 spiro atoms. The highest BCUT2D eigenvalue weighted by Crippen LogP contribution is 2.40. The van der Waals surface area contributed by atoms with Gasteiger partial charge in [0.05, 0.1) is 24.2 Å². The number of halogens is 1. The van der Waals surface area contributed by atoms with Crippen LogP contribution in [0.25, 0.3) is 0 Å². The number of phenolic OH excluding ortho intramolecular Hbond substituents is 2. The van der Waals surface area contributed by atoms with Crippen LogP contribution in [0, 0.1) is 0 Å². The van der Waals surface area contributed by atoms with E-state index >= 15 is 0 Å². The first-order valence-electron chi connectivity index (χ1n) is 7.70. The van der Waals surface area contributed by atoms with E-state index in [0.29, 0.717) is 27.8 Å². The van der Waals surface area contributed by atoms with Crippen LogP contribution in [0.3, 0.4) is 0 Å². The third kappa shape index (κ3) is 4.04. The maximum Gasteiger partial charge on any atom is 0.145 e. The Morgan fingerprint density at radius 2 is 1.62 bits per heavy atom. The predicted molar refractivity (Wildman–Crippen MR) is 102 cm³/mol. The molecule has 0 aliphatic rings. The number of hydrogen-bond acceptors (Lipinski definition) is 6. The lowest BCUT2D eigenvalue weighted by Crippen LogP contribution is -1.94. The van der Waals surface area contributed by atoms with E-state index in [2.05, 4.69) is 15.5 Å². The maximum atomic E-state index is 10.2. The van der Waals surface area contributed by atoms with E-state index < -0.39 is 0 Å². The first-order chi connectivity index (χ1) is 12.6. The summed E-state index contributed by atoms with van der Waals surface area (Å²) < 4.78 is 5.26. The second kappa shape index (κ2) is 7.76. The van der Waals surface area contributed by atoms with Crippen molar-refractivity contribution in [3.05, 3.63) is 65.7 Å². The molecule has 7 heteroatoms. The highest BCUT2D eigenvalue weighted by Gasteiger charge is 2.11. The van der Waals surface area contributed by atoms with Crippen molar-refractivity contribution in [2.24, 2.45) is 10.2 Å². The number of para-hydroxylation sites is 2. The largest absolute Gasteiger partial charge is 0.506 e. The number of benzene rings is 3. The Balaban J connectivity index is 1.85. The summed E-state index contributed by atoms with van der Waals surface area (Å²) in [5.74, 6) is 0.398. The third-order valence-electron chi connectivity index (χ3n) is 3.57. The van der Waals surface area contributed by atoms with Crippen molar-refractivity contribution in [2.75, 3.05) is 12.4 Å². The van der Waals surface area contributed by atoms with Gasteiger partial charge in [-0.25, -0.2) is 0 Å². The molecule has 0 amide bonds. The summed E-state index contributed by atoms with van der Waals surface area (Å²) in [6.45, 7) is 0. The van der Waals surface area contributed by atoms with Crippen molar-refractivity contribution in [2.45, 2.75) is 0 Å². The van der Waals surface area contributed by atoms with Crippen LogP contribution >= 0.6 is 11.6 Å². The van der Waals surface area contributed by atoms with Gasteiger partial charge in [0, 0.05) is 17.2 Å². The molecule has 26 heavy (non-hydrogen) atoms. The Labute approximate surface area is 155 Å². The topological polar surface area (TPSA) is 86.4 Å². The molecule has 0 saturated carbocycles. The Hall–Kier alpha value is -3.25. The summed E-state index contributed by atoms with van der Waals surface area (Å²) in [4.78, 5) is 0. The molecule has 0 saturated heterocycles. The van der Waals surface area contributed by atoms with Crippen molar-refractivity contribution in [3.63, 3.8) is 0 Å². The van der Waals surface area contributed by atoms with Gasteiger partial charge < -0.3 is 20.3 Å². The molecule has 0 fully saturated rings. The third-order valence-corrected chi connectivity index (χ3v) is 3.82. The van der Waals surface area contributed by atoms with E-state index in [1.165, 1.54) is 12.1 Å². The zero-order valence-electron chi connectivity index (χ0n) is 13.8. The average molecular weight is 370 g/mol. The van der Waals surface area contributed by atoms with Crippen LogP contribution in [0.4, 0.5) is 22.7 Å². The first-order valence-corrected chi connectivity index (χ1v) is 8.08. The van der Waals surface area contributed by atoms with Gasteiger partial charge in [0.25, 0.3) is 0 Å². The lowest BCUT2D eigenvalue weighted by Gasteiger charge is -2.13. The Kier molecular flexibility index (Phi) is 5.24. The van der Waals surface area contributed by atoms with Crippen molar-refractivity contribution in [1.29, 1.82) is 0 Å². The fourth-order valence-corrected chi connectivity index (χ4v) is 2.38. The lowest BCUT2D eigenvalue weighted by atomic mass is 10.2. The highest BCUT2D eigenvalue weighted by atomic mass is 35.5. The number of nitrogens with one attached hydrogen (secondary N) is 1. The smallest absolute Gasteiger partial charge is 0.145 e. The average Bonchev–Trinajstić information content (AvgIpc) is 2.65. The summed E-state index contributed by atoms with van der Waals surface area (Å²) in [6, 6.07) is 16.7. The van der Waals surface area contributed by atoms with Crippen LogP contribution in [0.15, 0.2) is 70.9 Å². The molecule has 3 N–H and O–H groups in total. The van der Waals surface area contributed by atoms with Crippen molar-refractivity contribution >= 4 is 34.4 Å². The molecule has 0 heterocycles. The Bertz CT molecular complexity index is 943. The molecule has 3 aromatic carbocycles. The minimum atomic E-state index is -0.127. The van der Waals surface area contributed by atoms with E-state index in [1.807, 2.05) is 12.1 Å². The quantitative estimate of drug-likeness (QED) is 0.296. The van der Waals surface area contributed by atoms with Crippen molar-refractivity contribution < 1.29 is 14.9 Å². The van der Waals surface area contributed by atoms with Gasteiger partial charge in [0.1, 0.15) is 22.9 Å². The molecule has 0 radical (unpaired) electrons. The fourth-order valence-electron chi connectivity index (χ4n) is 2.26. The number of phenols is 2. The summed E-state index contributed by atoms with van der Waals surface area (Å²) in [5.41, 5.74) is 1.69. The first kappa shape index (κ1) is 17.6. The molecule has 132 valence electrons. The summed E-state index contributed by atoms with van der Waals surface area (Å²) in [6.07, 6.45) is 0. The van der Waals surface area contributed by atoms with Gasteiger partial charge in [0.2, 0.25) is 0 Å². The highest BCUT2D eigenvalue weighted by molar-refractivity contribution is 6.30. The minimum Gasteiger partial charge on any atom is -0.506 e.